The van der Waals surface area contributed by atoms with Crippen molar-refractivity contribution >= 4 is 12.0 Å². The van der Waals surface area contributed by atoms with Crippen LogP contribution in [0.15, 0.2) is 11.8 Å². The molecule has 5 fully saturated rings. The van der Waals surface area contributed by atoms with Crippen LogP contribution in [0.4, 0.5) is 4.79 Å². The van der Waals surface area contributed by atoms with E-state index >= 15 is 0 Å². The molecule has 5 aliphatic rings. The van der Waals surface area contributed by atoms with Crippen LogP contribution in [0.3, 0.4) is 0 Å². The van der Waals surface area contributed by atoms with Crippen LogP contribution >= 0.6 is 0 Å². The normalized spacial score (nSPS) is 33.0. The molecule has 5 rings (SSSR count). The molecule has 4 saturated carbocycles. The van der Waals surface area contributed by atoms with Crippen molar-refractivity contribution in [2.75, 3.05) is 26.2 Å². The van der Waals surface area contributed by atoms with Crippen LogP contribution in [0.1, 0.15) is 66.2 Å². The van der Waals surface area contributed by atoms with Crippen LogP contribution in [-0.2, 0) is 9.53 Å². The van der Waals surface area contributed by atoms with Gasteiger partial charge in [-0.2, -0.15) is 5.26 Å². The highest BCUT2D eigenvalue weighted by molar-refractivity contribution is 5.97. The minimum absolute atomic E-state index is 0.0872. The molecule has 7 nitrogen and oxygen atoms in total. The zero-order chi connectivity index (χ0) is 23.1. The molecule has 7 heteroatoms. The molecular formula is C25H38N4O3. The number of piperazine rings is 1. The maximum absolute atomic E-state index is 13.0. The number of hydrogen-bond acceptors (Lipinski definition) is 5. The van der Waals surface area contributed by atoms with Gasteiger partial charge in [0.25, 0.3) is 5.91 Å². The first-order chi connectivity index (χ1) is 15.1. The Morgan fingerprint density at radius 3 is 2.06 bits per heavy atom. The maximum atomic E-state index is 13.0. The Labute approximate surface area is 192 Å². The van der Waals surface area contributed by atoms with Gasteiger partial charge in [-0.25, -0.2) is 4.79 Å². The van der Waals surface area contributed by atoms with Gasteiger partial charge in [-0.1, -0.05) is 0 Å². The summed E-state index contributed by atoms with van der Waals surface area (Å²) in [4.78, 5) is 28.8. The van der Waals surface area contributed by atoms with Gasteiger partial charge in [0, 0.05) is 38.4 Å². The highest BCUT2D eigenvalue weighted by Gasteiger charge is 2.53. The first kappa shape index (κ1) is 22.9. The SMILES string of the molecule is CC(NC(=O)/C(C#N)=C\N1CCN(C(=O)OC(C)(C)C)CC1)C12CC3CC(CC(C3)C1)C2. The van der Waals surface area contributed by atoms with Gasteiger partial charge >= 0.3 is 6.09 Å². The summed E-state index contributed by atoms with van der Waals surface area (Å²) in [6, 6.07) is 2.18. The topological polar surface area (TPSA) is 85.7 Å². The summed E-state index contributed by atoms with van der Waals surface area (Å²) in [5.74, 6) is 2.21. The maximum Gasteiger partial charge on any atom is 0.410 e. The molecule has 1 aliphatic heterocycles. The number of carbonyl (C=O) groups excluding carboxylic acids is 2. The monoisotopic (exact) mass is 442 g/mol. The van der Waals surface area contributed by atoms with E-state index in [0.717, 1.165) is 17.8 Å². The summed E-state index contributed by atoms with van der Waals surface area (Å²) in [5, 5.41) is 12.8. The van der Waals surface area contributed by atoms with Crippen molar-refractivity contribution in [2.24, 2.45) is 23.2 Å². The van der Waals surface area contributed by atoms with Crippen molar-refractivity contribution in [3.63, 3.8) is 0 Å². The Kier molecular flexibility index (Phi) is 6.17. The highest BCUT2D eigenvalue weighted by atomic mass is 16.6. The zero-order valence-electron chi connectivity index (χ0n) is 20.0. The molecule has 0 aromatic heterocycles. The lowest BCUT2D eigenvalue weighted by atomic mass is 9.48. The van der Waals surface area contributed by atoms with E-state index in [1.165, 1.54) is 38.5 Å². The molecule has 0 aromatic carbocycles. The zero-order valence-corrected chi connectivity index (χ0v) is 20.0. The molecule has 32 heavy (non-hydrogen) atoms. The largest absolute Gasteiger partial charge is 0.444 e. The van der Waals surface area contributed by atoms with Gasteiger partial charge < -0.3 is 19.9 Å². The lowest BCUT2D eigenvalue weighted by Crippen LogP contribution is -2.56. The summed E-state index contributed by atoms with van der Waals surface area (Å²) in [7, 11) is 0. The van der Waals surface area contributed by atoms with Crippen LogP contribution in [-0.4, -0.2) is 59.6 Å². The standard InChI is InChI=1S/C25H38N4O3/c1-17(25-12-18-9-19(13-25)11-20(10-18)14-25)27-22(30)21(15-26)16-28-5-7-29(8-6-28)23(31)32-24(2,3)4/h16-20H,5-14H2,1-4H3,(H,27,30)/b21-16-. The van der Waals surface area contributed by atoms with Gasteiger partial charge in [0.05, 0.1) is 0 Å². The molecule has 1 N–H and O–H groups in total. The molecule has 1 unspecified atom stereocenters. The molecule has 1 atom stereocenters. The van der Waals surface area contributed by atoms with Crippen LogP contribution in [0.25, 0.3) is 0 Å². The molecular weight excluding hydrogens is 404 g/mol. The van der Waals surface area contributed by atoms with Gasteiger partial charge in [0.2, 0.25) is 0 Å². The van der Waals surface area contributed by atoms with E-state index in [4.69, 9.17) is 4.74 Å². The predicted octanol–water partition coefficient (Wildman–Crippen LogP) is 3.67. The van der Waals surface area contributed by atoms with Crippen LogP contribution < -0.4 is 5.32 Å². The molecule has 0 aromatic rings. The Morgan fingerprint density at radius 1 is 1.06 bits per heavy atom. The van der Waals surface area contributed by atoms with Gasteiger partial charge in [0.15, 0.2) is 0 Å². The lowest BCUT2D eigenvalue weighted by Gasteiger charge is -2.59. The third-order valence-corrected chi connectivity index (χ3v) is 7.99. The molecule has 0 spiro atoms. The quantitative estimate of drug-likeness (QED) is 0.530. The molecule has 4 bridgehead atoms. The number of nitrogens with one attached hydrogen (secondary N) is 1. The van der Waals surface area contributed by atoms with Crippen molar-refractivity contribution in [1.29, 1.82) is 5.26 Å². The third kappa shape index (κ3) is 4.89. The number of nitriles is 1. The summed E-state index contributed by atoms with van der Waals surface area (Å²) < 4.78 is 5.43. The molecule has 2 amide bonds. The molecule has 1 heterocycles. The van der Waals surface area contributed by atoms with E-state index in [-0.39, 0.29) is 29.0 Å². The number of hydrogen-bond donors (Lipinski definition) is 1. The number of nitrogens with zero attached hydrogens (tertiary/aromatic N) is 3. The van der Waals surface area contributed by atoms with Crippen molar-refractivity contribution in [3.05, 3.63) is 11.8 Å². The van der Waals surface area contributed by atoms with Crippen molar-refractivity contribution in [1.82, 2.24) is 15.1 Å². The summed E-state index contributed by atoms with van der Waals surface area (Å²) in [6.07, 6.45) is 9.13. The Hall–Kier alpha value is -2.23. The predicted molar refractivity (Wildman–Crippen MR) is 121 cm³/mol. The van der Waals surface area contributed by atoms with Crippen LogP contribution in [0.2, 0.25) is 0 Å². The van der Waals surface area contributed by atoms with E-state index < -0.39 is 5.60 Å². The second kappa shape index (κ2) is 8.61. The van der Waals surface area contributed by atoms with Crippen LogP contribution in [0.5, 0.6) is 0 Å². The first-order valence-corrected chi connectivity index (χ1v) is 12.2. The van der Waals surface area contributed by atoms with E-state index in [1.807, 2.05) is 25.7 Å². The van der Waals surface area contributed by atoms with Crippen molar-refractivity contribution < 1.29 is 14.3 Å². The average molecular weight is 443 g/mol. The van der Waals surface area contributed by atoms with Crippen LogP contribution in [0, 0.1) is 34.5 Å². The lowest BCUT2D eigenvalue weighted by molar-refractivity contribution is -0.122. The Balaban J connectivity index is 1.32. The molecule has 176 valence electrons. The number of rotatable bonds is 4. The van der Waals surface area contributed by atoms with Gasteiger partial charge in [-0.15, -0.1) is 0 Å². The fourth-order valence-corrected chi connectivity index (χ4v) is 6.82. The van der Waals surface area contributed by atoms with Crippen molar-refractivity contribution in [2.45, 2.75) is 77.9 Å². The van der Waals surface area contributed by atoms with E-state index in [1.54, 1.807) is 11.1 Å². The Bertz CT molecular complexity index is 779. The smallest absolute Gasteiger partial charge is 0.410 e. The fraction of sp³-hybridized carbons (Fsp3) is 0.800. The molecule has 4 aliphatic carbocycles. The highest BCUT2D eigenvalue weighted by Crippen LogP contribution is 2.61. The number of amides is 2. The summed E-state index contributed by atoms with van der Waals surface area (Å²) in [5.41, 5.74) is -0.162. The second-order valence-corrected chi connectivity index (χ2v) is 11.6. The molecule has 1 saturated heterocycles. The number of carbonyl (C=O) groups is 2. The van der Waals surface area contributed by atoms with E-state index in [9.17, 15) is 14.9 Å². The van der Waals surface area contributed by atoms with Gasteiger partial charge in [0.1, 0.15) is 17.2 Å². The fourth-order valence-electron chi connectivity index (χ4n) is 6.82. The first-order valence-electron chi connectivity index (χ1n) is 12.2. The van der Waals surface area contributed by atoms with E-state index in [0.29, 0.717) is 26.2 Å². The van der Waals surface area contributed by atoms with Gasteiger partial charge in [-0.3, -0.25) is 4.79 Å². The average Bonchev–Trinajstić information content (AvgIpc) is 2.70. The van der Waals surface area contributed by atoms with Crippen molar-refractivity contribution in [3.8, 4) is 6.07 Å². The minimum Gasteiger partial charge on any atom is -0.444 e. The minimum atomic E-state index is -0.520. The Morgan fingerprint density at radius 2 is 1.59 bits per heavy atom. The summed E-state index contributed by atoms with van der Waals surface area (Å²) in [6.45, 7) is 9.86. The second-order valence-electron chi connectivity index (χ2n) is 11.6. The third-order valence-electron chi connectivity index (χ3n) is 7.99. The number of ether oxygens (including phenoxy) is 1. The molecule has 0 radical (unpaired) electrons. The summed E-state index contributed by atoms with van der Waals surface area (Å²) >= 11 is 0. The van der Waals surface area contributed by atoms with Gasteiger partial charge in [-0.05, 0) is 89.4 Å². The van der Waals surface area contributed by atoms with E-state index in [2.05, 4.69) is 18.3 Å².